The summed E-state index contributed by atoms with van der Waals surface area (Å²) in [5, 5.41) is 3.25. The number of ketones is 1. The van der Waals surface area contributed by atoms with Crippen LogP contribution in [-0.4, -0.2) is 23.4 Å². The number of carbonyl (C=O) groups excluding carboxylic acids is 1. The molecule has 5 nitrogen and oxygen atoms in total. The van der Waals surface area contributed by atoms with Crippen molar-refractivity contribution in [3.05, 3.63) is 34.3 Å². The summed E-state index contributed by atoms with van der Waals surface area (Å²) in [5.74, 6) is -0.175. The Hall–Kier alpha value is -1.88. The Morgan fingerprint density at radius 2 is 2.11 bits per heavy atom. The van der Waals surface area contributed by atoms with Crippen molar-refractivity contribution in [1.29, 1.82) is 0 Å². The highest BCUT2D eigenvalue weighted by Gasteiger charge is 2.22. The summed E-state index contributed by atoms with van der Waals surface area (Å²) in [6.07, 6.45) is 1.74. The smallest absolute Gasteiger partial charge is 0.408 e. The first-order chi connectivity index (χ1) is 9.16. The molecular weight excluding hydrogens is 244 g/mol. The van der Waals surface area contributed by atoms with Crippen LogP contribution in [0.1, 0.15) is 23.2 Å². The minimum Gasteiger partial charge on any atom is -0.408 e. The molecule has 5 heteroatoms. The first-order valence-electron chi connectivity index (χ1n) is 6.51. The number of aryl methyl sites for hydroxylation is 1. The summed E-state index contributed by atoms with van der Waals surface area (Å²) < 4.78 is 6.56. The Kier molecular flexibility index (Phi) is 2.98. The summed E-state index contributed by atoms with van der Waals surface area (Å²) in [4.78, 5) is 23.8. The topological polar surface area (TPSA) is 64.2 Å². The minimum absolute atomic E-state index is 0.0779. The maximum Gasteiger partial charge on any atom is 0.419 e. The SMILES string of the molecule is Cn1c(=O)oc2cc(C(=O)C3CCNCC3)ccc21. The number of nitrogens with zero attached hydrogens (tertiary/aromatic N) is 1. The molecule has 0 bridgehead atoms. The number of rotatable bonds is 2. The third-order valence-corrected chi connectivity index (χ3v) is 3.79. The Balaban J connectivity index is 1.96. The molecule has 2 heterocycles. The molecule has 1 aromatic heterocycles. The fourth-order valence-electron chi connectivity index (χ4n) is 2.61. The molecule has 1 N–H and O–H groups in total. The van der Waals surface area contributed by atoms with Crippen molar-refractivity contribution in [2.75, 3.05) is 13.1 Å². The van der Waals surface area contributed by atoms with Gasteiger partial charge in [-0.2, -0.15) is 0 Å². The lowest BCUT2D eigenvalue weighted by Gasteiger charge is -2.21. The molecule has 100 valence electrons. The second-order valence-electron chi connectivity index (χ2n) is 5.00. The summed E-state index contributed by atoms with van der Waals surface area (Å²) in [7, 11) is 1.66. The molecule has 0 spiro atoms. The third-order valence-electron chi connectivity index (χ3n) is 3.79. The Labute approximate surface area is 110 Å². The van der Waals surface area contributed by atoms with Crippen LogP contribution in [0, 0.1) is 5.92 Å². The average molecular weight is 260 g/mol. The second kappa shape index (κ2) is 4.66. The number of fused-ring (bicyclic) bond motifs is 1. The number of oxazole rings is 1. The molecule has 1 fully saturated rings. The van der Waals surface area contributed by atoms with Gasteiger partial charge in [0.2, 0.25) is 0 Å². The normalized spacial score (nSPS) is 16.9. The third kappa shape index (κ3) is 2.10. The van der Waals surface area contributed by atoms with E-state index in [1.807, 2.05) is 0 Å². The van der Waals surface area contributed by atoms with Gasteiger partial charge >= 0.3 is 5.76 Å². The highest BCUT2D eigenvalue weighted by molar-refractivity contribution is 6.00. The van der Waals surface area contributed by atoms with Gasteiger partial charge in [-0.05, 0) is 44.1 Å². The van der Waals surface area contributed by atoms with Gasteiger partial charge in [0.05, 0.1) is 5.52 Å². The van der Waals surface area contributed by atoms with Crippen molar-refractivity contribution in [2.45, 2.75) is 12.8 Å². The van der Waals surface area contributed by atoms with E-state index in [2.05, 4.69) is 5.32 Å². The molecule has 1 saturated heterocycles. The van der Waals surface area contributed by atoms with Gasteiger partial charge in [-0.3, -0.25) is 9.36 Å². The van der Waals surface area contributed by atoms with Gasteiger partial charge < -0.3 is 9.73 Å². The van der Waals surface area contributed by atoms with E-state index in [-0.39, 0.29) is 11.7 Å². The van der Waals surface area contributed by atoms with Gasteiger partial charge in [-0.25, -0.2) is 4.79 Å². The van der Waals surface area contributed by atoms with Gasteiger partial charge in [0.25, 0.3) is 0 Å². The van der Waals surface area contributed by atoms with Crippen LogP contribution < -0.4 is 11.1 Å². The van der Waals surface area contributed by atoms with Gasteiger partial charge in [0.15, 0.2) is 11.4 Å². The monoisotopic (exact) mass is 260 g/mol. The van der Waals surface area contributed by atoms with Crippen molar-refractivity contribution >= 4 is 16.9 Å². The molecule has 19 heavy (non-hydrogen) atoms. The molecule has 3 rings (SSSR count). The lowest BCUT2D eigenvalue weighted by molar-refractivity contribution is 0.0895. The lowest BCUT2D eigenvalue weighted by Crippen LogP contribution is -2.31. The van der Waals surface area contributed by atoms with E-state index in [4.69, 9.17) is 4.42 Å². The van der Waals surface area contributed by atoms with Crippen LogP contribution >= 0.6 is 0 Å². The number of nitrogens with one attached hydrogen (secondary N) is 1. The number of benzene rings is 1. The molecule has 1 aromatic carbocycles. The van der Waals surface area contributed by atoms with Crippen LogP contribution in [0.5, 0.6) is 0 Å². The molecule has 2 aromatic rings. The molecule has 0 aliphatic carbocycles. The van der Waals surface area contributed by atoms with Crippen LogP contribution in [0.2, 0.25) is 0 Å². The van der Waals surface area contributed by atoms with Crippen LogP contribution in [0.3, 0.4) is 0 Å². The van der Waals surface area contributed by atoms with Crippen molar-refractivity contribution in [2.24, 2.45) is 13.0 Å². The first kappa shape index (κ1) is 12.2. The van der Waals surface area contributed by atoms with Crippen LogP contribution in [0.25, 0.3) is 11.1 Å². The number of Topliss-reactive ketones (excluding diaryl/α,β-unsaturated/α-hetero) is 1. The molecule has 0 saturated carbocycles. The fraction of sp³-hybridized carbons (Fsp3) is 0.429. The number of hydrogen-bond donors (Lipinski definition) is 1. The van der Waals surface area contributed by atoms with Crippen LogP contribution in [0.15, 0.2) is 27.4 Å². The van der Waals surface area contributed by atoms with E-state index in [9.17, 15) is 9.59 Å². The van der Waals surface area contributed by atoms with E-state index in [0.29, 0.717) is 16.7 Å². The zero-order valence-electron chi connectivity index (χ0n) is 10.8. The highest BCUT2D eigenvalue weighted by atomic mass is 16.4. The number of piperidine rings is 1. The van der Waals surface area contributed by atoms with E-state index in [0.717, 1.165) is 25.9 Å². The van der Waals surface area contributed by atoms with Crippen molar-refractivity contribution in [1.82, 2.24) is 9.88 Å². The second-order valence-corrected chi connectivity index (χ2v) is 5.00. The van der Waals surface area contributed by atoms with Gasteiger partial charge in [0, 0.05) is 18.5 Å². The summed E-state index contributed by atoms with van der Waals surface area (Å²) in [6, 6.07) is 5.23. The van der Waals surface area contributed by atoms with Crippen LogP contribution in [-0.2, 0) is 7.05 Å². The number of carbonyl (C=O) groups is 1. The number of aromatic nitrogens is 1. The van der Waals surface area contributed by atoms with Crippen molar-refractivity contribution < 1.29 is 9.21 Å². The molecule has 0 unspecified atom stereocenters. The predicted octanol–water partition coefficient (Wildman–Crippen LogP) is 1.31. The number of hydrogen-bond acceptors (Lipinski definition) is 4. The minimum atomic E-state index is -0.401. The maximum atomic E-state index is 12.4. The molecule has 1 aliphatic rings. The van der Waals surface area contributed by atoms with Gasteiger partial charge in [-0.15, -0.1) is 0 Å². The van der Waals surface area contributed by atoms with E-state index in [1.165, 1.54) is 4.57 Å². The first-order valence-corrected chi connectivity index (χ1v) is 6.51. The Morgan fingerprint density at radius 3 is 2.84 bits per heavy atom. The molecule has 0 radical (unpaired) electrons. The van der Waals surface area contributed by atoms with E-state index < -0.39 is 5.76 Å². The molecular formula is C14H16N2O3. The fourth-order valence-corrected chi connectivity index (χ4v) is 2.61. The van der Waals surface area contributed by atoms with Crippen molar-refractivity contribution in [3.63, 3.8) is 0 Å². The van der Waals surface area contributed by atoms with Gasteiger partial charge in [-0.1, -0.05) is 0 Å². The molecule has 0 atom stereocenters. The predicted molar refractivity (Wildman–Crippen MR) is 71.4 cm³/mol. The molecule has 0 amide bonds. The van der Waals surface area contributed by atoms with Gasteiger partial charge in [0.1, 0.15) is 0 Å². The lowest BCUT2D eigenvalue weighted by atomic mass is 9.89. The molecule has 1 aliphatic heterocycles. The van der Waals surface area contributed by atoms with E-state index >= 15 is 0 Å². The Bertz CT molecular complexity index is 678. The quantitative estimate of drug-likeness (QED) is 0.827. The van der Waals surface area contributed by atoms with E-state index in [1.54, 1.807) is 25.2 Å². The zero-order chi connectivity index (χ0) is 13.4. The van der Waals surface area contributed by atoms with Crippen LogP contribution in [0.4, 0.5) is 0 Å². The average Bonchev–Trinajstić information content (AvgIpc) is 2.74. The summed E-state index contributed by atoms with van der Waals surface area (Å²) >= 11 is 0. The maximum absolute atomic E-state index is 12.4. The zero-order valence-corrected chi connectivity index (χ0v) is 10.8. The summed E-state index contributed by atoms with van der Waals surface area (Å²) in [6.45, 7) is 1.78. The highest BCUT2D eigenvalue weighted by Crippen LogP contribution is 2.21. The Morgan fingerprint density at radius 1 is 1.37 bits per heavy atom. The summed E-state index contributed by atoms with van der Waals surface area (Å²) in [5.41, 5.74) is 1.83. The standard InChI is InChI=1S/C14H16N2O3/c1-16-11-3-2-10(8-12(11)19-14(16)18)13(17)9-4-6-15-7-5-9/h2-3,8-9,15H,4-7H2,1H3. The van der Waals surface area contributed by atoms with Crippen molar-refractivity contribution in [3.8, 4) is 0 Å². The largest absolute Gasteiger partial charge is 0.419 e.